The summed E-state index contributed by atoms with van der Waals surface area (Å²) in [5, 5.41) is 7.31. The van der Waals surface area contributed by atoms with Crippen LogP contribution >= 0.6 is 12.2 Å². The second-order valence-electron chi connectivity index (χ2n) is 2.11. The summed E-state index contributed by atoms with van der Waals surface area (Å²) in [7, 11) is 0. The Morgan fingerprint density at radius 3 is 2.54 bits per heavy atom. The van der Waals surface area contributed by atoms with Gasteiger partial charge in [-0.05, 0) is 12.1 Å². The SMILES string of the molecule is S=c1[n-]nc(-c2ccncc2)o1.[K+]. The molecule has 0 spiro atoms. The van der Waals surface area contributed by atoms with E-state index in [1.807, 2.05) is 0 Å². The summed E-state index contributed by atoms with van der Waals surface area (Å²) in [5.41, 5.74) is 0.827. The van der Waals surface area contributed by atoms with Crippen molar-refractivity contribution >= 4 is 12.2 Å². The van der Waals surface area contributed by atoms with E-state index in [0.717, 1.165) is 5.56 Å². The van der Waals surface area contributed by atoms with Crippen LogP contribution in [0.2, 0.25) is 0 Å². The van der Waals surface area contributed by atoms with Gasteiger partial charge in [0.15, 0.2) is 0 Å². The third-order valence-electron chi connectivity index (χ3n) is 1.33. The van der Waals surface area contributed by atoms with Gasteiger partial charge >= 0.3 is 51.4 Å². The first-order chi connectivity index (χ1) is 5.86. The fourth-order valence-corrected chi connectivity index (χ4v) is 0.941. The quantitative estimate of drug-likeness (QED) is 0.426. The molecule has 0 aliphatic carbocycles. The molecule has 0 unspecified atom stereocenters. The Kier molecular flexibility index (Phi) is 4.43. The normalized spacial score (nSPS) is 9.23. The monoisotopic (exact) mass is 217 g/mol. The zero-order valence-corrected chi connectivity index (χ0v) is 10.9. The van der Waals surface area contributed by atoms with Gasteiger partial charge in [-0.15, -0.1) is 0 Å². The molecule has 13 heavy (non-hydrogen) atoms. The Bertz CT molecular complexity index is 425. The van der Waals surface area contributed by atoms with Crippen LogP contribution in [0.1, 0.15) is 0 Å². The van der Waals surface area contributed by atoms with Crippen molar-refractivity contribution in [3.63, 3.8) is 0 Å². The predicted molar refractivity (Wildman–Crippen MR) is 43.9 cm³/mol. The molecule has 2 aromatic rings. The molecule has 2 rings (SSSR count). The van der Waals surface area contributed by atoms with Crippen molar-refractivity contribution < 1.29 is 55.8 Å². The molecule has 0 fully saturated rings. The van der Waals surface area contributed by atoms with E-state index in [1.165, 1.54) is 0 Å². The Hall–Kier alpha value is 0.146. The van der Waals surface area contributed by atoms with Crippen LogP contribution in [0.15, 0.2) is 28.9 Å². The van der Waals surface area contributed by atoms with Gasteiger partial charge in [0.05, 0.1) is 0 Å². The fourth-order valence-electron chi connectivity index (χ4n) is 0.821. The van der Waals surface area contributed by atoms with Crippen molar-refractivity contribution in [2.75, 3.05) is 0 Å². The van der Waals surface area contributed by atoms with Gasteiger partial charge in [-0.3, -0.25) is 4.98 Å². The van der Waals surface area contributed by atoms with Crippen LogP contribution in [0, 0.1) is 4.84 Å². The molecule has 0 aliphatic rings. The van der Waals surface area contributed by atoms with Crippen molar-refractivity contribution in [3.05, 3.63) is 29.4 Å². The molecule has 0 aromatic carbocycles. The van der Waals surface area contributed by atoms with Crippen molar-refractivity contribution in [1.29, 1.82) is 0 Å². The minimum Gasteiger partial charge on any atom is -0.532 e. The van der Waals surface area contributed by atoms with Crippen LogP contribution in [-0.4, -0.2) is 10.1 Å². The second kappa shape index (κ2) is 5.13. The number of pyridine rings is 1. The summed E-state index contributed by atoms with van der Waals surface area (Å²) < 4.78 is 5.03. The van der Waals surface area contributed by atoms with E-state index in [1.54, 1.807) is 24.5 Å². The average Bonchev–Trinajstić information content (AvgIpc) is 2.54. The zero-order valence-electron chi connectivity index (χ0n) is 6.97. The third-order valence-corrected chi connectivity index (χ3v) is 1.50. The van der Waals surface area contributed by atoms with Crippen LogP contribution in [0.4, 0.5) is 0 Å². The molecule has 2 heterocycles. The first kappa shape index (κ1) is 11.2. The Balaban J connectivity index is 0.000000845. The van der Waals surface area contributed by atoms with Crippen molar-refractivity contribution in [2.45, 2.75) is 0 Å². The molecule has 0 saturated heterocycles. The van der Waals surface area contributed by atoms with Crippen LogP contribution in [0.5, 0.6) is 0 Å². The van der Waals surface area contributed by atoms with E-state index in [9.17, 15) is 0 Å². The third kappa shape index (κ3) is 2.80. The average molecular weight is 217 g/mol. The number of hydrogen-bond acceptors (Lipinski definition) is 4. The maximum atomic E-state index is 5.03. The molecule has 6 heteroatoms. The van der Waals surface area contributed by atoms with Gasteiger partial charge in [-0.25, -0.2) is 0 Å². The number of hydrogen-bond donors (Lipinski definition) is 0. The van der Waals surface area contributed by atoms with E-state index >= 15 is 0 Å². The second-order valence-corrected chi connectivity index (χ2v) is 2.46. The first-order valence-electron chi connectivity index (χ1n) is 3.27. The Morgan fingerprint density at radius 1 is 1.31 bits per heavy atom. The summed E-state index contributed by atoms with van der Waals surface area (Å²) >= 11 is 4.68. The number of rotatable bonds is 1. The van der Waals surface area contributed by atoms with Crippen molar-refractivity contribution in [3.8, 4) is 11.5 Å². The summed E-state index contributed by atoms with van der Waals surface area (Å²) in [6.45, 7) is 0. The maximum Gasteiger partial charge on any atom is 1.00 e. The van der Waals surface area contributed by atoms with Crippen molar-refractivity contribution in [2.24, 2.45) is 0 Å². The van der Waals surface area contributed by atoms with Crippen LogP contribution in [0.25, 0.3) is 11.5 Å². The molecular weight excluding hydrogens is 213 g/mol. The smallest absolute Gasteiger partial charge is 0.532 e. The minimum absolute atomic E-state index is 0. The predicted octanol–water partition coefficient (Wildman–Crippen LogP) is -1.57. The van der Waals surface area contributed by atoms with Gasteiger partial charge in [0.1, 0.15) is 4.84 Å². The molecule has 0 bridgehead atoms. The van der Waals surface area contributed by atoms with E-state index in [-0.39, 0.29) is 56.2 Å². The molecule has 0 N–H and O–H groups in total. The van der Waals surface area contributed by atoms with E-state index in [2.05, 4.69) is 27.4 Å². The first-order valence-corrected chi connectivity index (χ1v) is 3.68. The number of aromatic nitrogens is 3. The molecule has 4 nitrogen and oxygen atoms in total. The van der Waals surface area contributed by atoms with Gasteiger partial charge < -0.3 is 14.6 Å². The van der Waals surface area contributed by atoms with Crippen molar-refractivity contribution in [1.82, 2.24) is 15.2 Å². The largest absolute Gasteiger partial charge is 1.00 e. The zero-order chi connectivity index (χ0) is 8.39. The molecule has 60 valence electrons. The topological polar surface area (TPSA) is 53.0 Å². The van der Waals surface area contributed by atoms with E-state index in [0.29, 0.717) is 5.89 Å². The molecule has 0 saturated carbocycles. The van der Waals surface area contributed by atoms with Gasteiger partial charge in [0, 0.05) is 18.0 Å². The standard InChI is InChI=1S/C7H5N3OS.K/c12-7-10-9-6(11-7)5-1-3-8-4-2-5;/h1-4H,(H,8,10,12);/q;+1/p-1. The molecule has 0 atom stereocenters. The summed E-state index contributed by atoms with van der Waals surface area (Å²) in [5.74, 6) is 0.433. The van der Waals surface area contributed by atoms with Gasteiger partial charge in [0.25, 0.3) is 0 Å². The van der Waals surface area contributed by atoms with Crippen LogP contribution < -0.4 is 56.5 Å². The van der Waals surface area contributed by atoms with E-state index < -0.39 is 0 Å². The summed E-state index contributed by atoms with van der Waals surface area (Å²) in [6, 6.07) is 3.56. The van der Waals surface area contributed by atoms with Gasteiger partial charge in [-0.2, -0.15) is 0 Å². The van der Waals surface area contributed by atoms with Crippen LogP contribution in [0.3, 0.4) is 0 Å². The Labute approximate surface area is 122 Å². The molecular formula is C7H4KN3OS. The summed E-state index contributed by atoms with van der Waals surface area (Å²) in [6.07, 6.45) is 3.31. The van der Waals surface area contributed by atoms with Crippen LogP contribution in [-0.2, 0) is 0 Å². The molecule has 0 amide bonds. The minimum atomic E-state index is 0. The molecule has 0 aliphatic heterocycles. The van der Waals surface area contributed by atoms with Gasteiger partial charge in [-0.1, -0.05) is 12.2 Å². The van der Waals surface area contributed by atoms with E-state index in [4.69, 9.17) is 4.42 Å². The van der Waals surface area contributed by atoms with Gasteiger partial charge in [0.2, 0.25) is 5.89 Å². The molecule has 2 aromatic heterocycles. The maximum absolute atomic E-state index is 5.03. The fraction of sp³-hybridized carbons (Fsp3) is 0. The number of nitrogens with zero attached hydrogens (tertiary/aromatic N) is 3. The molecule has 0 radical (unpaired) electrons. The summed E-state index contributed by atoms with van der Waals surface area (Å²) in [4.78, 5) is 4.02. The Morgan fingerprint density at radius 2 is 2.00 bits per heavy atom.